The lowest BCUT2D eigenvalue weighted by Crippen LogP contribution is -2.50. The molecule has 0 atom stereocenters. The number of likely N-dealkylation sites (N-methyl/N-ethyl adjacent to an activating group) is 1. The van der Waals surface area contributed by atoms with Crippen molar-refractivity contribution in [3.05, 3.63) is 48.0 Å². The second-order valence-electron chi connectivity index (χ2n) is 6.60. The molecule has 1 saturated heterocycles. The van der Waals surface area contributed by atoms with E-state index in [1.54, 1.807) is 41.5 Å². The lowest BCUT2D eigenvalue weighted by Gasteiger charge is -2.34. The van der Waals surface area contributed by atoms with E-state index in [1.165, 1.54) is 5.56 Å². The first kappa shape index (κ1) is 18.8. The van der Waals surface area contributed by atoms with Crippen LogP contribution in [0.25, 0.3) is 0 Å². The van der Waals surface area contributed by atoms with Crippen LogP contribution in [-0.4, -0.2) is 76.3 Å². The summed E-state index contributed by atoms with van der Waals surface area (Å²) < 4.78 is 0. The van der Waals surface area contributed by atoms with Crippen molar-refractivity contribution in [3.63, 3.8) is 0 Å². The molecule has 2 aromatic rings. The molecule has 0 bridgehead atoms. The summed E-state index contributed by atoms with van der Waals surface area (Å²) in [6.07, 6.45) is 7.57. The van der Waals surface area contributed by atoms with Crippen LogP contribution in [0.4, 0.5) is 5.95 Å². The fourth-order valence-electron chi connectivity index (χ4n) is 2.98. The van der Waals surface area contributed by atoms with Crippen molar-refractivity contribution in [2.45, 2.75) is 13.3 Å². The summed E-state index contributed by atoms with van der Waals surface area (Å²) in [5, 5.41) is 0. The van der Waals surface area contributed by atoms with Gasteiger partial charge in [-0.1, -0.05) is 0 Å². The van der Waals surface area contributed by atoms with E-state index in [4.69, 9.17) is 0 Å². The van der Waals surface area contributed by atoms with Crippen molar-refractivity contribution in [2.75, 3.05) is 44.7 Å². The highest BCUT2D eigenvalue weighted by atomic mass is 16.2. The molecule has 0 unspecified atom stereocenters. The maximum atomic E-state index is 12.6. The van der Waals surface area contributed by atoms with Crippen LogP contribution in [0, 0.1) is 0 Å². The highest BCUT2D eigenvalue weighted by molar-refractivity contribution is 5.93. The quantitative estimate of drug-likeness (QED) is 0.778. The van der Waals surface area contributed by atoms with E-state index in [0.717, 1.165) is 13.0 Å². The summed E-state index contributed by atoms with van der Waals surface area (Å²) in [7, 11) is 1.93. The number of amides is 2. The minimum atomic E-state index is -0.0933. The molecule has 0 aromatic carbocycles. The Morgan fingerprint density at radius 1 is 1.04 bits per heavy atom. The molecule has 8 nitrogen and oxygen atoms in total. The van der Waals surface area contributed by atoms with Crippen LogP contribution in [0.1, 0.15) is 22.8 Å². The van der Waals surface area contributed by atoms with E-state index in [9.17, 15) is 9.59 Å². The predicted molar refractivity (Wildman–Crippen MR) is 101 cm³/mol. The summed E-state index contributed by atoms with van der Waals surface area (Å²) in [6.45, 7) is 4.52. The Morgan fingerprint density at radius 3 is 2.22 bits per heavy atom. The monoisotopic (exact) mass is 368 g/mol. The van der Waals surface area contributed by atoms with Crippen LogP contribution in [0.2, 0.25) is 0 Å². The molecule has 8 heteroatoms. The number of rotatable bonds is 5. The number of hydrogen-bond acceptors (Lipinski definition) is 6. The summed E-state index contributed by atoms with van der Waals surface area (Å²) in [5.41, 5.74) is 1.67. The molecular weight excluding hydrogens is 344 g/mol. The minimum Gasteiger partial charge on any atom is -0.344 e. The number of nitrogens with zero attached hydrogens (tertiary/aromatic N) is 6. The van der Waals surface area contributed by atoms with E-state index in [1.807, 2.05) is 24.1 Å². The molecule has 1 aliphatic rings. The van der Waals surface area contributed by atoms with Gasteiger partial charge in [-0.2, -0.15) is 0 Å². The fourth-order valence-corrected chi connectivity index (χ4v) is 2.98. The molecule has 3 heterocycles. The van der Waals surface area contributed by atoms with Crippen molar-refractivity contribution in [3.8, 4) is 0 Å². The van der Waals surface area contributed by atoms with Gasteiger partial charge in [0, 0.05) is 71.5 Å². The van der Waals surface area contributed by atoms with Gasteiger partial charge in [-0.15, -0.1) is 0 Å². The van der Waals surface area contributed by atoms with Crippen molar-refractivity contribution in [1.29, 1.82) is 0 Å². The van der Waals surface area contributed by atoms with Crippen molar-refractivity contribution in [2.24, 2.45) is 0 Å². The zero-order chi connectivity index (χ0) is 19.2. The lowest BCUT2D eigenvalue weighted by atomic mass is 10.2. The normalized spacial score (nSPS) is 14.1. The van der Waals surface area contributed by atoms with Gasteiger partial charge in [-0.05, 0) is 24.1 Å². The highest BCUT2D eigenvalue weighted by Gasteiger charge is 2.23. The molecule has 0 radical (unpaired) electrons. The number of carbonyl (C=O) groups excluding carboxylic acids is 2. The fraction of sp³-hybridized carbons (Fsp3) is 0.421. The van der Waals surface area contributed by atoms with Crippen LogP contribution in [-0.2, 0) is 11.2 Å². The molecule has 1 fully saturated rings. The highest BCUT2D eigenvalue weighted by Crippen LogP contribution is 2.11. The van der Waals surface area contributed by atoms with Crippen molar-refractivity contribution < 1.29 is 9.59 Å². The third-order valence-electron chi connectivity index (χ3n) is 4.72. The van der Waals surface area contributed by atoms with E-state index in [-0.39, 0.29) is 11.8 Å². The first-order chi connectivity index (χ1) is 13.0. The van der Waals surface area contributed by atoms with Gasteiger partial charge in [0.2, 0.25) is 11.9 Å². The van der Waals surface area contributed by atoms with Gasteiger partial charge in [0.1, 0.15) is 0 Å². The smallest absolute Gasteiger partial charge is 0.257 e. The zero-order valence-corrected chi connectivity index (χ0v) is 15.7. The van der Waals surface area contributed by atoms with Crippen LogP contribution in [0.5, 0.6) is 0 Å². The molecule has 142 valence electrons. The average Bonchev–Trinajstić information content (AvgIpc) is 2.72. The van der Waals surface area contributed by atoms with Crippen molar-refractivity contribution in [1.82, 2.24) is 24.8 Å². The van der Waals surface area contributed by atoms with E-state index >= 15 is 0 Å². The molecule has 1 aliphatic heterocycles. The zero-order valence-electron chi connectivity index (χ0n) is 15.7. The Hall–Kier alpha value is -3.03. The minimum absolute atomic E-state index is 0.0459. The Labute approximate surface area is 158 Å². The molecule has 0 saturated carbocycles. The summed E-state index contributed by atoms with van der Waals surface area (Å²) in [5.74, 6) is 0.538. The third kappa shape index (κ3) is 4.78. The molecule has 0 N–H and O–H groups in total. The summed E-state index contributed by atoms with van der Waals surface area (Å²) in [4.78, 5) is 42.1. The Morgan fingerprint density at radius 2 is 1.63 bits per heavy atom. The van der Waals surface area contributed by atoms with Crippen molar-refractivity contribution >= 4 is 17.8 Å². The average molecular weight is 368 g/mol. The van der Waals surface area contributed by atoms with Gasteiger partial charge in [0.15, 0.2) is 0 Å². The number of anilines is 1. The van der Waals surface area contributed by atoms with Crippen LogP contribution in [0.3, 0.4) is 0 Å². The number of aromatic nitrogens is 3. The topological polar surface area (TPSA) is 82.5 Å². The predicted octanol–water partition coefficient (Wildman–Crippen LogP) is 0.855. The number of hydrogen-bond donors (Lipinski definition) is 0. The summed E-state index contributed by atoms with van der Waals surface area (Å²) in [6, 6.07) is 3.98. The first-order valence-corrected chi connectivity index (χ1v) is 9.01. The molecule has 0 spiro atoms. The molecule has 0 aliphatic carbocycles. The molecule has 2 aromatic heterocycles. The maximum absolute atomic E-state index is 12.6. The number of pyridine rings is 1. The van der Waals surface area contributed by atoms with Gasteiger partial charge in [-0.3, -0.25) is 14.6 Å². The SMILES string of the molecule is CC(=O)N1CCN(C(=O)c2cnc(N(C)CCc3ccncc3)nc2)CC1. The second kappa shape index (κ2) is 8.57. The van der Waals surface area contributed by atoms with E-state index in [0.29, 0.717) is 37.7 Å². The van der Waals surface area contributed by atoms with Crippen LogP contribution >= 0.6 is 0 Å². The van der Waals surface area contributed by atoms with Gasteiger partial charge in [-0.25, -0.2) is 9.97 Å². The lowest BCUT2D eigenvalue weighted by molar-refractivity contribution is -0.130. The molecule has 27 heavy (non-hydrogen) atoms. The van der Waals surface area contributed by atoms with Gasteiger partial charge < -0.3 is 14.7 Å². The van der Waals surface area contributed by atoms with E-state index in [2.05, 4.69) is 15.0 Å². The molecule has 3 rings (SSSR count). The number of carbonyl (C=O) groups is 2. The molecule has 2 amide bonds. The largest absolute Gasteiger partial charge is 0.344 e. The van der Waals surface area contributed by atoms with E-state index < -0.39 is 0 Å². The Kier molecular flexibility index (Phi) is 5.95. The Bertz CT molecular complexity index is 773. The van der Waals surface area contributed by atoms with Crippen LogP contribution < -0.4 is 4.90 Å². The van der Waals surface area contributed by atoms with Crippen LogP contribution in [0.15, 0.2) is 36.9 Å². The second-order valence-corrected chi connectivity index (χ2v) is 6.60. The number of piperazine rings is 1. The maximum Gasteiger partial charge on any atom is 0.257 e. The summed E-state index contributed by atoms with van der Waals surface area (Å²) >= 11 is 0. The van der Waals surface area contributed by atoms with Gasteiger partial charge >= 0.3 is 0 Å². The van der Waals surface area contributed by atoms with Gasteiger partial charge in [0.25, 0.3) is 5.91 Å². The standard InChI is InChI=1S/C19H24N6O2/c1-15(26)24-9-11-25(12-10-24)18(27)17-13-21-19(22-14-17)23(2)8-5-16-3-6-20-7-4-16/h3-4,6-7,13-14H,5,8-12H2,1-2H3. The first-order valence-electron chi connectivity index (χ1n) is 9.01. The third-order valence-corrected chi connectivity index (χ3v) is 4.72. The van der Waals surface area contributed by atoms with Gasteiger partial charge in [0.05, 0.1) is 5.56 Å². The Balaban J connectivity index is 1.55. The molecular formula is C19H24N6O2.